The number of anilines is 2. The van der Waals surface area contributed by atoms with E-state index in [1.54, 1.807) is 12.2 Å². The zero-order valence-electron chi connectivity index (χ0n) is 22.2. The monoisotopic (exact) mass is 524 g/mol. The Morgan fingerprint density at radius 3 is 2.54 bits per heavy atom. The van der Waals surface area contributed by atoms with Crippen LogP contribution in [0.4, 0.5) is 11.8 Å². The van der Waals surface area contributed by atoms with Gasteiger partial charge in [0.1, 0.15) is 5.82 Å². The highest BCUT2D eigenvalue weighted by Crippen LogP contribution is 2.44. The second-order valence-corrected chi connectivity index (χ2v) is 10.9. The van der Waals surface area contributed by atoms with Crippen LogP contribution in [0.25, 0.3) is 16.5 Å². The molecule has 200 valence electrons. The zero-order chi connectivity index (χ0) is 27.1. The predicted molar refractivity (Wildman–Crippen MR) is 152 cm³/mol. The summed E-state index contributed by atoms with van der Waals surface area (Å²) in [6, 6.07) is 14.6. The lowest BCUT2D eigenvalue weighted by Crippen LogP contribution is -2.37. The lowest BCUT2D eigenvalue weighted by Gasteiger charge is -2.30. The fourth-order valence-electron chi connectivity index (χ4n) is 6.14. The molecule has 6 rings (SSSR count). The van der Waals surface area contributed by atoms with Gasteiger partial charge in [-0.2, -0.15) is 4.98 Å². The minimum Gasteiger partial charge on any atom is -0.362 e. The number of ketones is 1. The van der Waals surface area contributed by atoms with Crippen LogP contribution in [0.15, 0.2) is 60.3 Å². The summed E-state index contributed by atoms with van der Waals surface area (Å²) < 4.78 is 0. The Kier molecular flexibility index (Phi) is 6.60. The summed E-state index contributed by atoms with van der Waals surface area (Å²) in [5.41, 5.74) is 4.67. The molecule has 0 saturated heterocycles. The van der Waals surface area contributed by atoms with Gasteiger partial charge >= 0.3 is 0 Å². The molecule has 0 spiro atoms. The molecule has 1 heterocycles. The van der Waals surface area contributed by atoms with E-state index in [1.165, 1.54) is 0 Å². The number of benzene rings is 2. The van der Waals surface area contributed by atoms with Crippen molar-refractivity contribution in [3.63, 3.8) is 0 Å². The molecule has 1 saturated carbocycles. The molecule has 3 aliphatic carbocycles. The average molecular weight is 525 g/mol. The number of allylic oxidation sites excluding steroid dienone is 4. The molecule has 1 fully saturated rings. The Morgan fingerprint density at radius 2 is 1.77 bits per heavy atom. The van der Waals surface area contributed by atoms with Crippen LogP contribution in [-0.4, -0.2) is 46.9 Å². The van der Waals surface area contributed by atoms with E-state index < -0.39 is 5.92 Å². The van der Waals surface area contributed by atoms with Crippen molar-refractivity contribution in [3.8, 4) is 0 Å². The minimum absolute atomic E-state index is 0.00883. The van der Waals surface area contributed by atoms with E-state index in [0.717, 1.165) is 59.1 Å². The lowest BCUT2D eigenvalue weighted by molar-refractivity contribution is -0.428. The van der Waals surface area contributed by atoms with Crippen molar-refractivity contribution in [2.45, 2.75) is 50.7 Å². The Bertz CT molecular complexity index is 1520. The molecule has 0 aliphatic heterocycles. The van der Waals surface area contributed by atoms with Crippen molar-refractivity contribution in [3.05, 3.63) is 87.1 Å². The molecule has 1 unspecified atom stereocenters. The molecule has 9 heteroatoms. The Hall–Kier alpha value is -4.11. The van der Waals surface area contributed by atoms with E-state index >= 15 is 0 Å². The van der Waals surface area contributed by atoms with Gasteiger partial charge in [-0.3, -0.25) is 14.9 Å². The molecule has 0 amide bonds. The standard InChI is InChI=1S/C30H32N6O3/c1-35(2)29-23-7-3-4-9-26(23)33-30(34-29)32-20-12-10-19(11-13-20)31-17-18-6-5-8-24-27(18)22-15-14-21(36(38)39)16-25(22)28(24)37/h3-9,14-15,19-20,25,31H,10-13,16-17H2,1-2H3,(H,32,33,34). The molecule has 2 aromatic carbocycles. The van der Waals surface area contributed by atoms with Crippen LogP contribution >= 0.6 is 0 Å². The smallest absolute Gasteiger partial charge is 0.247 e. The molecule has 2 N–H and O–H groups in total. The van der Waals surface area contributed by atoms with Gasteiger partial charge in [0.05, 0.1) is 22.8 Å². The number of nitro groups is 1. The third-order valence-electron chi connectivity index (χ3n) is 8.15. The van der Waals surface area contributed by atoms with Gasteiger partial charge in [0.15, 0.2) is 5.78 Å². The number of nitrogens with zero attached hydrogens (tertiary/aromatic N) is 4. The van der Waals surface area contributed by atoms with Crippen LogP contribution in [0, 0.1) is 16.0 Å². The van der Waals surface area contributed by atoms with E-state index in [9.17, 15) is 14.9 Å². The molecular formula is C30H32N6O3. The molecule has 3 aromatic rings. The molecule has 1 atom stereocenters. The first-order chi connectivity index (χ1) is 18.9. The topological polar surface area (TPSA) is 113 Å². The van der Waals surface area contributed by atoms with E-state index in [2.05, 4.69) is 22.8 Å². The van der Waals surface area contributed by atoms with Crippen LogP contribution in [0.5, 0.6) is 0 Å². The third kappa shape index (κ3) is 4.78. The molecule has 0 bridgehead atoms. The summed E-state index contributed by atoms with van der Waals surface area (Å²) in [6.45, 7) is 0.662. The number of nitrogens with one attached hydrogen (secondary N) is 2. The van der Waals surface area contributed by atoms with Crippen LogP contribution < -0.4 is 15.5 Å². The van der Waals surface area contributed by atoms with Crippen molar-refractivity contribution >= 4 is 34.0 Å². The maximum Gasteiger partial charge on any atom is 0.247 e. The Balaban J connectivity index is 1.10. The first-order valence-electron chi connectivity index (χ1n) is 13.5. The number of rotatable bonds is 7. The van der Waals surface area contributed by atoms with E-state index in [4.69, 9.17) is 9.97 Å². The maximum absolute atomic E-state index is 13.0. The number of para-hydroxylation sites is 1. The molecule has 39 heavy (non-hydrogen) atoms. The fraction of sp³-hybridized carbons (Fsp3) is 0.367. The fourth-order valence-corrected chi connectivity index (χ4v) is 6.14. The SMILES string of the molecule is CN(C)c1nc(NC2CCC(NCc3cccc4c3C3=CC=C([N+](=O)[O-])CC3C4=O)CC2)nc2ccccc12. The molecule has 0 radical (unpaired) electrons. The maximum atomic E-state index is 13.0. The second-order valence-electron chi connectivity index (χ2n) is 10.9. The van der Waals surface area contributed by atoms with Gasteiger partial charge in [-0.25, -0.2) is 4.98 Å². The molecule has 3 aliphatic rings. The van der Waals surface area contributed by atoms with Crippen molar-refractivity contribution in [2.75, 3.05) is 24.3 Å². The average Bonchev–Trinajstić information content (AvgIpc) is 3.24. The number of hydrogen-bond acceptors (Lipinski definition) is 8. The van der Waals surface area contributed by atoms with Crippen molar-refractivity contribution < 1.29 is 9.72 Å². The highest BCUT2D eigenvalue weighted by molar-refractivity contribution is 6.15. The number of Topliss-reactive ketones (excluding diaryl/α,β-unsaturated/α-hetero) is 1. The number of hydrogen-bond donors (Lipinski definition) is 2. The normalized spacial score (nSPS) is 22.1. The zero-order valence-corrected chi connectivity index (χ0v) is 22.2. The van der Waals surface area contributed by atoms with Gasteiger partial charge in [-0.1, -0.05) is 36.4 Å². The van der Waals surface area contributed by atoms with Crippen molar-refractivity contribution in [1.29, 1.82) is 0 Å². The van der Waals surface area contributed by atoms with Gasteiger partial charge < -0.3 is 15.5 Å². The Morgan fingerprint density at radius 1 is 1.00 bits per heavy atom. The van der Waals surface area contributed by atoms with Crippen LogP contribution in [0.1, 0.15) is 53.6 Å². The Labute approximate surface area is 227 Å². The lowest BCUT2D eigenvalue weighted by atomic mass is 9.88. The largest absolute Gasteiger partial charge is 0.362 e. The van der Waals surface area contributed by atoms with E-state index in [0.29, 0.717) is 30.1 Å². The summed E-state index contributed by atoms with van der Waals surface area (Å²) in [4.78, 5) is 35.5. The van der Waals surface area contributed by atoms with Crippen molar-refractivity contribution in [2.24, 2.45) is 5.92 Å². The quantitative estimate of drug-likeness (QED) is 0.329. The third-order valence-corrected chi connectivity index (χ3v) is 8.15. The van der Waals surface area contributed by atoms with Gasteiger partial charge in [0.2, 0.25) is 11.6 Å². The highest BCUT2D eigenvalue weighted by Gasteiger charge is 2.40. The van der Waals surface area contributed by atoms with Gasteiger partial charge in [0, 0.05) is 49.7 Å². The van der Waals surface area contributed by atoms with Crippen LogP contribution in [0.3, 0.4) is 0 Å². The summed E-state index contributed by atoms with van der Waals surface area (Å²) in [6.07, 6.45) is 7.56. The summed E-state index contributed by atoms with van der Waals surface area (Å²) in [7, 11) is 4.00. The minimum atomic E-state index is -0.446. The predicted octanol–water partition coefficient (Wildman–Crippen LogP) is 4.97. The second kappa shape index (κ2) is 10.2. The number of aromatic nitrogens is 2. The van der Waals surface area contributed by atoms with Gasteiger partial charge in [0.25, 0.3) is 0 Å². The summed E-state index contributed by atoms with van der Waals surface area (Å²) in [5.74, 6) is 1.12. The number of carbonyl (C=O) groups excluding carboxylic acids is 1. The molecular weight excluding hydrogens is 492 g/mol. The molecule has 1 aromatic heterocycles. The van der Waals surface area contributed by atoms with Crippen molar-refractivity contribution in [1.82, 2.24) is 15.3 Å². The molecule has 9 nitrogen and oxygen atoms in total. The number of fused-ring (bicyclic) bond motifs is 4. The highest BCUT2D eigenvalue weighted by atomic mass is 16.6. The van der Waals surface area contributed by atoms with E-state index in [1.807, 2.05) is 49.3 Å². The van der Waals surface area contributed by atoms with Gasteiger partial charge in [-0.05, 0) is 54.5 Å². The summed E-state index contributed by atoms with van der Waals surface area (Å²) in [5, 5.41) is 19.6. The van der Waals surface area contributed by atoms with E-state index in [-0.39, 0.29) is 22.8 Å². The van der Waals surface area contributed by atoms with Crippen LogP contribution in [0.2, 0.25) is 0 Å². The van der Waals surface area contributed by atoms with Gasteiger partial charge in [-0.15, -0.1) is 0 Å². The first kappa shape index (κ1) is 25.2. The number of carbonyl (C=O) groups is 1. The first-order valence-corrected chi connectivity index (χ1v) is 13.5. The van der Waals surface area contributed by atoms with Crippen LogP contribution in [-0.2, 0) is 6.54 Å². The summed E-state index contributed by atoms with van der Waals surface area (Å²) >= 11 is 0.